The van der Waals surface area contributed by atoms with E-state index >= 15 is 0 Å². The Balaban J connectivity index is 2.16. The van der Waals surface area contributed by atoms with Crippen LogP contribution < -0.4 is 0 Å². The number of fused-ring (bicyclic) bond motifs is 2. The Hall–Kier alpha value is 0.460. The second-order valence-corrected chi connectivity index (χ2v) is 3.76. The molecule has 0 aromatic carbocycles. The highest BCUT2D eigenvalue weighted by molar-refractivity contribution is 6.30. The Morgan fingerprint density at radius 1 is 1.27 bits per heavy atom. The molecule has 0 radical (unpaired) electrons. The van der Waals surface area contributed by atoms with Gasteiger partial charge in [0, 0.05) is 0 Å². The molecule has 2 bridgehead atoms. The summed E-state index contributed by atoms with van der Waals surface area (Å²) in [6.07, 6.45) is -1.54. The lowest BCUT2D eigenvalue weighted by molar-refractivity contribution is -0.149. The molecule has 2 aliphatic heterocycles. The van der Waals surface area contributed by atoms with Crippen molar-refractivity contribution in [3.8, 4) is 0 Å². The number of rotatable bonds is 0. The quantitative estimate of drug-likeness (QED) is 0.571. The lowest BCUT2D eigenvalue weighted by Crippen LogP contribution is -2.48. The summed E-state index contributed by atoms with van der Waals surface area (Å²) < 4.78 is 10.3. The van der Waals surface area contributed by atoms with Gasteiger partial charge in [-0.05, 0) is 0 Å². The van der Waals surface area contributed by atoms with E-state index < -0.39 is 17.8 Å². The average Bonchev–Trinajstić information content (AvgIpc) is 2.44. The molecule has 1 N–H and O–H groups in total. The Morgan fingerprint density at radius 2 is 2.00 bits per heavy atom. The van der Waals surface area contributed by atoms with Gasteiger partial charge in [0.1, 0.15) is 12.2 Å². The van der Waals surface area contributed by atoms with Gasteiger partial charge in [-0.3, -0.25) is 0 Å². The SMILES string of the molecule is O[C@H]1[C@@H]2OC[C@@H](O2)[C@@H](Cl)[C@H]1Cl. The summed E-state index contributed by atoms with van der Waals surface area (Å²) in [5.41, 5.74) is 0. The molecule has 0 amide bonds. The molecule has 64 valence electrons. The first-order valence-electron chi connectivity index (χ1n) is 3.43. The van der Waals surface area contributed by atoms with Crippen molar-refractivity contribution >= 4 is 23.2 Å². The Labute approximate surface area is 74.2 Å². The fourth-order valence-corrected chi connectivity index (χ4v) is 1.89. The minimum absolute atomic E-state index is 0.160. The standard InChI is InChI=1S/C6H8Cl2O3/c7-3-2-1-10-6(11-2)5(9)4(3)8/h2-6,9H,1H2/t2-,3-,4-,5-,6-/m1/s1. The minimum Gasteiger partial charge on any atom is -0.386 e. The van der Waals surface area contributed by atoms with Gasteiger partial charge in [-0.1, -0.05) is 0 Å². The van der Waals surface area contributed by atoms with E-state index in [-0.39, 0.29) is 11.5 Å². The number of hydrogen-bond donors (Lipinski definition) is 1. The van der Waals surface area contributed by atoms with Gasteiger partial charge < -0.3 is 14.6 Å². The molecule has 2 heterocycles. The monoisotopic (exact) mass is 198 g/mol. The molecule has 2 aliphatic rings. The lowest BCUT2D eigenvalue weighted by Gasteiger charge is -2.31. The molecule has 5 heteroatoms. The van der Waals surface area contributed by atoms with Crippen LogP contribution in [0.3, 0.4) is 0 Å². The second-order valence-electron chi connectivity index (χ2n) is 2.76. The minimum atomic E-state index is -0.807. The van der Waals surface area contributed by atoms with Crippen LogP contribution in [0, 0.1) is 0 Å². The van der Waals surface area contributed by atoms with Crippen LogP contribution >= 0.6 is 23.2 Å². The van der Waals surface area contributed by atoms with Crippen molar-refractivity contribution in [3.05, 3.63) is 0 Å². The molecule has 0 saturated carbocycles. The van der Waals surface area contributed by atoms with Crippen molar-refractivity contribution < 1.29 is 14.6 Å². The average molecular weight is 199 g/mol. The van der Waals surface area contributed by atoms with E-state index in [0.717, 1.165) is 0 Å². The number of aliphatic hydroxyl groups is 1. The number of aliphatic hydroxyl groups excluding tert-OH is 1. The van der Waals surface area contributed by atoms with E-state index in [1.807, 2.05) is 0 Å². The van der Waals surface area contributed by atoms with E-state index in [0.29, 0.717) is 6.61 Å². The predicted octanol–water partition coefficient (Wildman–Crippen LogP) is 0.317. The molecule has 2 saturated heterocycles. The predicted molar refractivity (Wildman–Crippen MR) is 39.9 cm³/mol. The summed E-state index contributed by atoms with van der Waals surface area (Å²) >= 11 is 11.7. The summed E-state index contributed by atoms with van der Waals surface area (Å²) in [7, 11) is 0. The van der Waals surface area contributed by atoms with Crippen LogP contribution in [0.25, 0.3) is 0 Å². The van der Waals surface area contributed by atoms with Crippen LogP contribution in [0.2, 0.25) is 0 Å². The molecule has 2 fully saturated rings. The molecule has 11 heavy (non-hydrogen) atoms. The topological polar surface area (TPSA) is 38.7 Å². The van der Waals surface area contributed by atoms with Gasteiger partial charge in [-0.25, -0.2) is 0 Å². The molecule has 0 aliphatic carbocycles. The van der Waals surface area contributed by atoms with Crippen molar-refractivity contribution in [2.24, 2.45) is 0 Å². The van der Waals surface area contributed by atoms with E-state index in [2.05, 4.69) is 0 Å². The molecule has 3 nitrogen and oxygen atoms in total. The molecule has 0 unspecified atom stereocenters. The van der Waals surface area contributed by atoms with Crippen LogP contribution in [0.5, 0.6) is 0 Å². The van der Waals surface area contributed by atoms with E-state index in [4.69, 9.17) is 32.7 Å². The van der Waals surface area contributed by atoms with Crippen LogP contribution in [0.15, 0.2) is 0 Å². The van der Waals surface area contributed by atoms with Crippen LogP contribution in [0.1, 0.15) is 0 Å². The largest absolute Gasteiger partial charge is 0.386 e. The number of ether oxygens (including phenoxy) is 2. The van der Waals surface area contributed by atoms with E-state index in [1.165, 1.54) is 0 Å². The van der Waals surface area contributed by atoms with Crippen molar-refractivity contribution in [1.82, 2.24) is 0 Å². The van der Waals surface area contributed by atoms with Gasteiger partial charge in [-0.15, -0.1) is 23.2 Å². The zero-order valence-corrected chi connectivity index (χ0v) is 7.13. The van der Waals surface area contributed by atoms with Crippen molar-refractivity contribution in [1.29, 1.82) is 0 Å². The molecular weight excluding hydrogens is 191 g/mol. The van der Waals surface area contributed by atoms with Crippen molar-refractivity contribution in [2.75, 3.05) is 6.61 Å². The molecule has 2 rings (SSSR count). The number of halogens is 2. The van der Waals surface area contributed by atoms with Crippen molar-refractivity contribution in [3.63, 3.8) is 0 Å². The highest BCUT2D eigenvalue weighted by atomic mass is 35.5. The molecule has 5 atom stereocenters. The zero-order valence-electron chi connectivity index (χ0n) is 5.61. The Bertz CT molecular complexity index is 146. The molecule has 0 aromatic heterocycles. The van der Waals surface area contributed by atoms with Gasteiger partial charge in [0.25, 0.3) is 0 Å². The number of hydrogen-bond acceptors (Lipinski definition) is 3. The molecule has 0 spiro atoms. The van der Waals surface area contributed by atoms with Gasteiger partial charge in [0.2, 0.25) is 0 Å². The van der Waals surface area contributed by atoms with Crippen molar-refractivity contribution in [2.45, 2.75) is 29.3 Å². The van der Waals surface area contributed by atoms with Gasteiger partial charge in [0.05, 0.1) is 17.4 Å². The first kappa shape index (κ1) is 8.08. The maximum absolute atomic E-state index is 9.37. The number of alkyl halides is 2. The maximum atomic E-state index is 9.37. The summed E-state index contributed by atoms with van der Waals surface area (Å²) in [6.45, 7) is 0.430. The van der Waals surface area contributed by atoms with Gasteiger partial charge >= 0.3 is 0 Å². The third-order valence-electron chi connectivity index (χ3n) is 2.00. The lowest BCUT2D eigenvalue weighted by atomic mass is 10.1. The fraction of sp³-hybridized carbons (Fsp3) is 1.00. The fourth-order valence-electron chi connectivity index (χ4n) is 1.33. The van der Waals surface area contributed by atoms with Crippen LogP contribution in [-0.4, -0.2) is 41.0 Å². The Kier molecular flexibility index (Phi) is 2.02. The van der Waals surface area contributed by atoms with Gasteiger partial charge in [0.15, 0.2) is 6.29 Å². The van der Waals surface area contributed by atoms with Crippen LogP contribution in [-0.2, 0) is 9.47 Å². The summed E-state index contributed by atoms with van der Waals surface area (Å²) in [6, 6.07) is 0. The first-order valence-corrected chi connectivity index (χ1v) is 4.30. The van der Waals surface area contributed by atoms with Crippen LogP contribution in [0.4, 0.5) is 0 Å². The summed E-state index contributed by atoms with van der Waals surface area (Å²) in [5, 5.41) is 8.54. The smallest absolute Gasteiger partial charge is 0.185 e. The van der Waals surface area contributed by atoms with E-state index in [1.54, 1.807) is 0 Å². The third-order valence-corrected chi connectivity index (χ3v) is 3.21. The van der Waals surface area contributed by atoms with Gasteiger partial charge in [-0.2, -0.15) is 0 Å². The highest BCUT2D eigenvalue weighted by Gasteiger charge is 2.48. The highest BCUT2D eigenvalue weighted by Crippen LogP contribution is 2.33. The maximum Gasteiger partial charge on any atom is 0.185 e. The molecule has 0 aromatic rings. The normalized spacial score (nSPS) is 56.5. The first-order chi connectivity index (χ1) is 5.20. The Morgan fingerprint density at radius 3 is 2.73 bits per heavy atom. The summed E-state index contributed by atoms with van der Waals surface area (Å²) in [4.78, 5) is 0. The molecular formula is C6H8Cl2O3. The van der Waals surface area contributed by atoms with E-state index in [9.17, 15) is 5.11 Å². The zero-order chi connectivity index (χ0) is 8.01. The summed E-state index contributed by atoms with van der Waals surface area (Å²) in [5.74, 6) is 0. The third kappa shape index (κ3) is 1.15. The second kappa shape index (κ2) is 2.75.